The number of carbonyl (C=O) groups is 1. The number of aromatic carboxylic acids is 1. The molecule has 2 rings (SSSR count). The molecule has 90 valence electrons. The lowest BCUT2D eigenvalue weighted by molar-refractivity contribution is -0.134. The van der Waals surface area contributed by atoms with Crippen LogP contribution in [0.4, 0.5) is 13.2 Å². The molecule has 17 heavy (non-hydrogen) atoms. The summed E-state index contributed by atoms with van der Waals surface area (Å²) in [7, 11) is 0. The van der Waals surface area contributed by atoms with Gasteiger partial charge in [-0.15, -0.1) is 11.3 Å². The van der Waals surface area contributed by atoms with Gasteiger partial charge in [0.15, 0.2) is 0 Å². The minimum absolute atomic E-state index is 0.00678. The van der Waals surface area contributed by atoms with Crippen LogP contribution in [-0.4, -0.2) is 16.1 Å². The summed E-state index contributed by atoms with van der Waals surface area (Å²) in [5.74, 6) is -1.48. The van der Waals surface area contributed by atoms with E-state index in [1.165, 1.54) is 0 Å². The van der Waals surface area contributed by atoms with E-state index in [1.807, 2.05) is 0 Å². The van der Waals surface area contributed by atoms with Crippen LogP contribution in [0, 0.1) is 0 Å². The Bertz CT molecular complexity index is 656. The number of carboxylic acids is 1. The van der Waals surface area contributed by atoms with Gasteiger partial charge >= 0.3 is 12.1 Å². The van der Waals surface area contributed by atoms with E-state index in [4.69, 9.17) is 5.11 Å². The van der Waals surface area contributed by atoms with E-state index in [1.54, 1.807) is 0 Å². The maximum atomic E-state index is 12.4. The average molecular weight is 263 g/mol. The molecule has 0 aliphatic carbocycles. The molecule has 0 amide bonds. The van der Waals surface area contributed by atoms with Gasteiger partial charge in [-0.2, -0.15) is 13.2 Å². The predicted octanol–water partition coefficient (Wildman–Crippen LogP) is 2.31. The van der Waals surface area contributed by atoms with Gasteiger partial charge in [0.1, 0.15) is 15.3 Å². The number of alkyl halides is 3. The van der Waals surface area contributed by atoms with Crippen molar-refractivity contribution in [3.8, 4) is 0 Å². The van der Waals surface area contributed by atoms with Gasteiger partial charge in [-0.05, 0) is 6.07 Å². The number of fused-ring (bicyclic) bond motifs is 1. The minimum atomic E-state index is -4.55. The maximum Gasteiger partial charge on any atom is 0.425 e. The van der Waals surface area contributed by atoms with Crippen LogP contribution in [0.2, 0.25) is 0 Å². The summed E-state index contributed by atoms with van der Waals surface area (Å²) in [4.78, 5) is 23.6. The van der Waals surface area contributed by atoms with Gasteiger partial charge in [0.05, 0.1) is 5.39 Å². The van der Waals surface area contributed by atoms with Gasteiger partial charge in [0.25, 0.3) is 0 Å². The third-order valence-electron chi connectivity index (χ3n) is 2.08. The highest BCUT2D eigenvalue weighted by molar-refractivity contribution is 7.18. The fourth-order valence-corrected chi connectivity index (χ4v) is 2.21. The molecule has 2 aromatic heterocycles. The number of hydrogen-bond donors (Lipinski definition) is 2. The Morgan fingerprint density at radius 1 is 1.41 bits per heavy atom. The standard InChI is InChI=1S/C9H4F3NO3S/c10-9(11,12)5-1-3-6(14)4(8(15)16)2-13-7(3)17-5/h1-2H,(H,13,14)(H,15,16). The number of carboxylic acid groups (broad SMARTS) is 1. The quantitative estimate of drug-likeness (QED) is 0.829. The van der Waals surface area contributed by atoms with Crippen LogP contribution in [0.25, 0.3) is 10.2 Å². The van der Waals surface area contributed by atoms with Gasteiger partial charge in [0.2, 0.25) is 5.43 Å². The maximum absolute atomic E-state index is 12.4. The molecular weight excluding hydrogens is 259 g/mol. The lowest BCUT2D eigenvalue weighted by Crippen LogP contribution is -2.14. The average Bonchev–Trinajstić information content (AvgIpc) is 2.61. The van der Waals surface area contributed by atoms with Crippen molar-refractivity contribution >= 4 is 27.5 Å². The van der Waals surface area contributed by atoms with Crippen molar-refractivity contribution in [3.63, 3.8) is 0 Å². The van der Waals surface area contributed by atoms with Crippen LogP contribution < -0.4 is 5.43 Å². The van der Waals surface area contributed by atoms with Gasteiger partial charge in [0, 0.05) is 6.20 Å². The molecule has 4 nitrogen and oxygen atoms in total. The monoisotopic (exact) mass is 263 g/mol. The zero-order chi connectivity index (χ0) is 12.8. The van der Waals surface area contributed by atoms with Crippen LogP contribution in [0.5, 0.6) is 0 Å². The molecule has 0 aliphatic rings. The molecule has 0 saturated heterocycles. The van der Waals surface area contributed by atoms with Crippen molar-refractivity contribution in [2.24, 2.45) is 0 Å². The van der Waals surface area contributed by atoms with Gasteiger partial charge in [-0.1, -0.05) is 0 Å². The highest BCUT2D eigenvalue weighted by Crippen LogP contribution is 2.36. The molecule has 2 N–H and O–H groups in total. The summed E-state index contributed by atoms with van der Waals surface area (Å²) >= 11 is 0.365. The molecule has 0 atom stereocenters. The molecule has 0 saturated carbocycles. The summed E-state index contributed by atoms with van der Waals surface area (Å²) in [5.41, 5.74) is -1.50. The second kappa shape index (κ2) is 3.59. The fraction of sp³-hybridized carbons (Fsp3) is 0.111. The van der Waals surface area contributed by atoms with Crippen LogP contribution >= 0.6 is 11.3 Å². The lowest BCUT2D eigenvalue weighted by atomic mass is 10.2. The summed E-state index contributed by atoms with van der Waals surface area (Å²) in [6.45, 7) is 0. The molecule has 0 bridgehead atoms. The van der Waals surface area contributed by atoms with E-state index < -0.39 is 28.0 Å². The van der Waals surface area contributed by atoms with Crippen molar-refractivity contribution in [2.75, 3.05) is 0 Å². The molecule has 0 fully saturated rings. The van der Waals surface area contributed by atoms with Gasteiger partial charge < -0.3 is 10.1 Å². The van der Waals surface area contributed by atoms with E-state index in [2.05, 4.69) is 4.98 Å². The Labute approximate surface area is 95.3 Å². The first-order valence-electron chi connectivity index (χ1n) is 4.26. The largest absolute Gasteiger partial charge is 0.477 e. The second-order valence-electron chi connectivity index (χ2n) is 3.19. The lowest BCUT2D eigenvalue weighted by Gasteiger charge is -1.99. The highest BCUT2D eigenvalue weighted by Gasteiger charge is 2.33. The van der Waals surface area contributed by atoms with Gasteiger partial charge in [-0.25, -0.2) is 4.79 Å². The first-order valence-corrected chi connectivity index (χ1v) is 5.08. The Balaban J connectivity index is 2.75. The Morgan fingerprint density at radius 2 is 2.06 bits per heavy atom. The number of thiophene rings is 1. The third-order valence-corrected chi connectivity index (χ3v) is 3.19. The van der Waals surface area contributed by atoms with Crippen LogP contribution in [0.3, 0.4) is 0 Å². The molecular formula is C9H4F3NO3S. The van der Waals surface area contributed by atoms with Crippen molar-refractivity contribution < 1.29 is 23.1 Å². The number of aromatic amines is 1. The van der Waals surface area contributed by atoms with E-state index in [-0.39, 0.29) is 10.2 Å². The molecule has 2 heterocycles. The highest BCUT2D eigenvalue weighted by atomic mass is 32.1. The van der Waals surface area contributed by atoms with Crippen molar-refractivity contribution in [3.05, 3.63) is 32.9 Å². The van der Waals surface area contributed by atoms with E-state index in [9.17, 15) is 22.8 Å². The van der Waals surface area contributed by atoms with E-state index in [0.717, 1.165) is 6.20 Å². The topological polar surface area (TPSA) is 70.2 Å². The Morgan fingerprint density at radius 3 is 2.59 bits per heavy atom. The number of nitrogens with one attached hydrogen (secondary N) is 1. The number of aromatic nitrogens is 1. The Hall–Kier alpha value is -1.83. The number of pyridine rings is 1. The van der Waals surface area contributed by atoms with Crippen molar-refractivity contribution in [1.29, 1.82) is 0 Å². The van der Waals surface area contributed by atoms with Crippen molar-refractivity contribution in [2.45, 2.75) is 6.18 Å². The van der Waals surface area contributed by atoms with Crippen LogP contribution in [0.1, 0.15) is 15.2 Å². The first-order chi connectivity index (χ1) is 7.80. The molecule has 0 aliphatic heterocycles. The van der Waals surface area contributed by atoms with Crippen LogP contribution in [0.15, 0.2) is 17.1 Å². The van der Waals surface area contributed by atoms with Crippen molar-refractivity contribution in [1.82, 2.24) is 4.98 Å². The zero-order valence-electron chi connectivity index (χ0n) is 7.96. The zero-order valence-corrected chi connectivity index (χ0v) is 8.78. The van der Waals surface area contributed by atoms with E-state index in [0.29, 0.717) is 17.4 Å². The minimum Gasteiger partial charge on any atom is -0.477 e. The third kappa shape index (κ3) is 1.91. The summed E-state index contributed by atoms with van der Waals surface area (Å²) in [5, 5.41) is 8.39. The summed E-state index contributed by atoms with van der Waals surface area (Å²) in [6, 6.07) is 0.658. The molecule has 0 spiro atoms. The van der Waals surface area contributed by atoms with E-state index >= 15 is 0 Å². The van der Waals surface area contributed by atoms with Gasteiger partial charge in [-0.3, -0.25) is 4.79 Å². The first kappa shape index (κ1) is 11.6. The molecule has 8 heteroatoms. The molecule has 0 radical (unpaired) electrons. The fourth-order valence-electron chi connectivity index (χ4n) is 1.31. The molecule has 0 unspecified atom stereocenters. The summed E-state index contributed by atoms with van der Waals surface area (Å²) < 4.78 is 37.2. The SMILES string of the molecule is O=C(O)c1c[nH]c2sc(C(F)(F)F)cc2c1=O. The molecule has 0 aromatic carbocycles. The molecule has 2 aromatic rings. The number of halogens is 3. The Kier molecular flexibility index (Phi) is 2.46. The second-order valence-corrected chi connectivity index (χ2v) is 4.24. The van der Waals surface area contributed by atoms with Crippen LogP contribution in [-0.2, 0) is 6.18 Å². The smallest absolute Gasteiger partial charge is 0.425 e. The number of hydrogen-bond acceptors (Lipinski definition) is 3. The predicted molar refractivity (Wildman–Crippen MR) is 54.4 cm³/mol. The summed E-state index contributed by atoms with van der Waals surface area (Å²) in [6.07, 6.45) is -3.66. The number of H-pyrrole nitrogens is 1. The normalized spacial score (nSPS) is 11.9. The number of rotatable bonds is 1.